The van der Waals surface area contributed by atoms with Crippen molar-refractivity contribution in [3.05, 3.63) is 59.7 Å². The summed E-state index contributed by atoms with van der Waals surface area (Å²) in [5.74, 6) is 1.69. The highest BCUT2D eigenvalue weighted by molar-refractivity contribution is 5.53. The molecular weight excluding hydrogens is 212 g/mol. The fourth-order valence-corrected chi connectivity index (χ4v) is 2.47. The molecule has 17 heavy (non-hydrogen) atoms. The quantitative estimate of drug-likeness (QED) is 0.808. The Morgan fingerprint density at radius 3 is 1.88 bits per heavy atom. The molecule has 3 rings (SSSR count). The first-order valence-electron chi connectivity index (χ1n) is 5.81. The number of aliphatic hydroxyl groups excluding tert-OH is 1. The summed E-state index contributed by atoms with van der Waals surface area (Å²) in [6.07, 6.45) is -0.429. The third-order valence-corrected chi connectivity index (χ3v) is 3.21. The summed E-state index contributed by atoms with van der Waals surface area (Å²) < 4.78 is 5.85. The Kier molecular flexibility index (Phi) is 2.37. The van der Waals surface area contributed by atoms with Gasteiger partial charge in [0.05, 0.1) is 6.10 Å². The van der Waals surface area contributed by atoms with E-state index in [0.717, 1.165) is 22.6 Å². The number of ether oxygens (including phenoxy) is 1. The average molecular weight is 226 g/mol. The number of hydrogen-bond acceptors (Lipinski definition) is 2. The van der Waals surface area contributed by atoms with Gasteiger partial charge in [0.25, 0.3) is 0 Å². The van der Waals surface area contributed by atoms with E-state index in [9.17, 15) is 5.11 Å². The molecule has 0 saturated heterocycles. The highest BCUT2D eigenvalue weighted by Gasteiger charge is 2.29. The summed E-state index contributed by atoms with van der Waals surface area (Å²) in [6.45, 7) is 1.82. The molecule has 0 aromatic heterocycles. The van der Waals surface area contributed by atoms with Crippen LogP contribution in [0.15, 0.2) is 48.5 Å². The first kappa shape index (κ1) is 10.4. The van der Waals surface area contributed by atoms with Gasteiger partial charge in [0, 0.05) is 17.0 Å². The Hall–Kier alpha value is -1.80. The third-order valence-electron chi connectivity index (χ3n) is 3.21. The van der Waals surface area contributed by atoms with Crippen LogP contribution < -0.4 is 4.74 Å². The Morgan fingerprint density at radius 2 is 1.41 bits per heavy atom. The maximum Gasteiger partial charge on any atom is 0.131 e. The maximum absolute atomic E-state index is 10.0. The minimum absolute atomic E-state index is 0.00356. The minimum Gasteiger partial charge on any atom is -0.457 e. The zero-order chi connectivity index (χ0) is 11.8. The van der Waals surface area contributed by atoms with Crippen LogP contribution in [0.1, 0.15) is 24.0 Å². The van der Waals surface area contributed by atoms with Crippen LogP contribution in [0.25, 0.3) is 0 Å². The van der Waals surface area contributed by atoms with Gasteiger partial charge >= 0.3 is 0 Å². The molecule has 1 aliphatic heterocycles. The number of benzene rings is 2. The monoisotopic (exact) mass is 226 g/mol. The summed E-state index contributed by atoms with van der Waals surface area (Å²) in [5.41, 5.74) is 2.11. The van der Waals surface area contributed by atoms with Gasteiger partial charge in [0.1, 0.15) is 11.5 Å². The second-order valence-electron chi connectivity index (χ2n) is 4.40. The van der Waals surface area contributed by atoms with Gasteiger partial charge in [-0.05, 0) is 19.1 Å². The van der Waals surface area contributed by atoms with Crippen LogP contribution in [-0.2, 0) is 0 Å². The van der Waals surface area contributed by atoms with Crippen molar-refractivity contribution in [1.29, 1.82) is 0 Å². The fourth-order valence-electron chi connectivity index (χ4n) is 2.47. The largest absolute Gasteiger partial charge is 0.457 e. The highest BCUT2D eigenvalue weighted by atomic mass is 16.5. The molecule has 1 aliphatic rings. The van der Waals surface area contributed by atoms with E-state index in [1.165, 1.54) is 0 Å². The van der Waals surface area contributed by atoms with E-state index < -0.39 is 6.10 Å². The van der Waals surface area contributed by atoms with Gasteiger partial charge in [0.15, 0.2) is 0 Å². The molecule has 0 spiro atoms. The van der Waals surface area contributed by atoms with Crippen molar-refractivity contribution in [1.82, 2.24) is 0 Å². The van der Waals surface area contributed by atoms with E-state index in [0.29, 0.717) is 0 Å². The number of fused-ring (bicyclic) bond motifs is 2. The molecule has 0 saturated carbocycles. The molecule has 0 bridgehead atoms. The topological polar surface area (TPSA) is 29.5 Å². The van der Waals surface area contributed by atoms with E-state index in [1.807, 2.05) is 55.5 Å². The molecule has 0 fully saturated rings. The molecule has 86 valence electrons. The molecule has 1 N–H and O–H groups in total. The third kappa shape index (κ3) is 1.61. The highest BCUT2D eigenvalue weighted by Crippen LogP contribution is 2.45. The van der Waals surface area contributed by atoms with Gasteiger partial charge in [-0.15, -0.1) is 0 Å². The van der Waals surface area contributed by atoms with Crippen LogP contribution in [0, 0.1) is 0 Å². The molecule has 2 nitrogen and oxygen atoms in total. The summed E-state index contributed by atoms with van der Waals surface area (Å²) in [5, 5.41) is 10.0. The number of rotatable bonds is 1. The van der Waals surface area contributed by atoms with E-state index in [1.54, 1.807) is 0 Å². The van der Waals surface area contributed by atoms with Gasteiger partial charge in [-0.1, -0.05) is 36.4 Å². The van der Waals surface area contributed by atoms with Crippen molar-refractivity contribution in [2.45, 2.75) is 18.9 Å². The lowest BCUT2D eigenvalue weighted by atomic mass is 9.84. The van der Waals surface area contributed by atoms with Gasteiger partial charge in [-0.3, -0.25) is 0 Å². The lowest BCUT2D eigenvalue weighted by molar-refractivity contribution is 0.171. The Morgan fingerprint density at radius 1 is 0.941 bits per heavy atom. The zero-order valence-electron chi connectivity index (χ0n) is 9.63. The molecule has 1 heterocycles. The second kappa shape index (κ2) is 3.90. The first-order valence-corrected chi connectivity index (χ1v) is 5.81. The molecule has 0 amide bonds. The molecule has 1 atom stereocenters. The van der Waals surface area contributed by atoms with Gasteiger partial charge in [-0.25, -0.2) is 0 Å². The summed E-state index contributed by atoms with van der Waals surface area (Å²) in [7, 11) is 0. The number of hydrogen-bond donors (Lipinski definition) is 1. The van der Waals surface area contributed by atoms with Crippen LogP contribution in [-0.4, -0.2) is 11.2 Å². The van der Waals surface area contributed by atoms with Crippen molar-refractivity contribution >= 4 is 0 Å². The maximum atomic E-state index is 10.0. The van der Waals surface area contributed by atoms with Gasteiger partial charge < -0.3 is 9.84 Å². The van der Waals surface area contributed by atoms with E-state index in [4.69, 9.17) is 4.74 Å². The Labute approximate surface area is 100 Å². The predicted molar refractivity (Wildman–Crippen MR) is 66.5 cm³/mol. The average Bonchev–Trinajstić information content (AvgIpc) is 2.35. The summed E-state index contributed by atoms with van der Waals surface area (Å²) in [6, 6.07) is 15.8. The summed E-state index contributed by atoms with van der Waals surface area (Å²) >= 11 is 0. The second-order valence-corrected chi connectivity index (χ2v) is 4.40. The van der Waals surface area contributed by atoms with Crippen molar-refractivity contribution in [3.8, 4) is 11.5 Å². The van der Waals surface area contributed by atoms with Crippen LogP contribution in [0.2, 0.25) is 0 Å². The number of para-hydroxylation sites is 2. The lowest BCUT2D eigenvalue weighted by Crippen LogP contribution is -2.20. The standard InChI is InChI=1S/C15H14O2/c1-10(16)15-11-6-2-4-8-13(11)17-14-9-5-3-7-12(14)15/h2-10,15-16H,1H3. The van der Waals surface area contributed by atoms with Gasteiger partial charge in [0.2, 0.25) is 0 Å². The molecule has 0 radical (unpaired) electrons. The van der Waals surface area contributed by atoms with Crippen LogP contribution in [0.5, 0.6) is 11.5 Å². The fraction of sp³-hybridized carbons (Fsp3) is 0.200. The van der Waals surface area contributed by atoms with E-state index in [2.05, 4.69) is 0 Å². The smallest absolute Gasteiger partial charge is 0.131 e. The first-order chi connectivity index (χ1) is 8.27. The molecule has 2 aromatic rings. The molecule has 2 heteroatoms. The Balaban J connectivity index is 2.21. The van der Waals surface area contributed by atoms with Crippen molar-refractivity contribution < 1.29 is 9.84 Å². The molecular formula is C15H14O2. The SMILES string of the molecule is CC(O)C1c2ccccc2Oc2ccccc21. The summed E-state index contributed by atoms with van der Waals surface area (Å²) in [4.78, 5) is 0. The van der Waals surface area contributed by atoms with Gasteiger partial charge in [-0.2, -0.15) is 0 Å². The van der Waals surface area contributed by atoms with Crippen LogP contribution >= 0.6 is 0 Å². The lowest BCUT2D eigenvalue weighted by Gasteiger charge is -2.29. The van der Waals surface area contributed by atoms with Crippen molar-refractivity contribution in [2.75, 3.05) is 0 Å². The minimum atomic E-state index is -0.429. The van der Waals surface area contributed by atoms with E-state index >= 15 is 0 Å². The normalized spacial score (nSPS) is 15.6. The molecule has 1 unspecified atom stereocenters. The van der Waals surface area contributed by atoms with Crippen LogP contribution in [0.3, 0.4) is 0 Å². The van der Waals surface area contributed by atoms with Crippen molar-refractivity contribution in [2.24, 2.45) is 0 Å². The molecule has 2 aromatic carbocycles. The zero-order valence-corrected chi connectivity index (χ0v) is 9.63. The Bertz CT molecular complexity index is 501. The number of aliphatic hydroxyl groups is 1. The van der Waals surface area contributed by atoms with Crippen molar-refractivity contribution in [3.63, 3.8) is 0 Å². The molecule has 0 aliphatic carbocycles. The predicted octanol–water partition coefficient (Wildman–Crippen LogP) is 3.31. The van der Waals surface area contributed by atoms with E-state index in [-0.39, 0.29) is 5.92 Å². The van der Waals surface area contributed by atoms with Crippen LogP contribution in [0.4, 0.5) is 0 Å².